The van der Waals surface area contributed by atoms with Gasteiger partial charge in [0.05, 0.1) is 23.4 Å². The van der Waals surface area contributed by atoms with Crippen LogP contribution in [0.3, 0.4) is 0 Å². The topological polar surface area (TPSA) is 183 Å². The molecule has 0 aliphatic rings. The number of likely N-dealkylation sites (N-methyl/N-ethyl adjacent to an activating group) is 1. The highest BCUT2D eigenvalue weighted by molar-refractivity contribution is 6.03. The third kappa shape index (κ3) is 5.60. The number of nitro benzene ring substituents is 1. The molecule has 1 aromatic heterocycles. The molecule has 0 fully saturated rings. The van der Waals surface area contributed by atoms with Gasteiger partial charge in [0.2, 0.25) is 5.75 Å². The van der Waals surface area contributed by atoms with Crippen molar-refractivity contribution in [2.45, 2.75) is 0 Å². The van der Waals surface area contributed by atoms with E-state index in [9.17, 15) is 35.5 Å². The molecule has 0 radical (unpaired) electrons. The summed E-state index contributed by atoms with van der Waals surface area (Å²) in [6.07, 6.45) is 4.73. The minimum atomic E-state index is -1.01. The number of aromatic hydroxyl groups is 2. The zero-order chi connectivity index (χ0) is 25.5. The second kappa shape index (κ2) is 10.6. The summed E-state index contributed by atoms with van der Waals surface area (Å²) >= 11 is 0. The minimum absolute atomic E-state index is 0.0354. The molecule has 178 valence electrons. The van der Waals surface area contributed by atoms with E-state index < -0.39 is 39.3 Å². The van der Waals surface area contributed by atoms with Gasteiger partial charge in [0.25, 0.3) is 5.91 Å². The summed E-state index contributed by atoms with van der Waals surface area (Å²) in [5, 5.41) is 50.2. The third-order valence-electron chi connectivity index (χ3n) is 4.84. The van der Waals surface area contributed by atoms with Gasteiger partial charge in [-0.15, -0.1) is 0 Å². The fraction of sp³-hybridized carbons (Fsp3) is 0.130. The predicted molar refractivity (Wildman–Crippen MR) is 122 cm³/mol. The van der Waals surface area contributed by atoms with E-state index in [1.54, 1.807) is 42.9 Å². The van der Waals surface area contributed by atoms with Crippen molar-refractivity contribution in [1.29, 1.82) is 5.26 Å². The highest BCUT2D eigenvalue weighted by Gasteiger charge is 2.25. The number of rotatable bonds is 8. The van der Waals surface area contributed by atoms with E-state index in [1.165, 1.54) is 7.05 Å². The molecule has 3 aromatic rings. The number of benzene rings is 2. The van der Waals surface area contributed by atoms with Crippen LogP contribution in [0.2, 0.25) is 0 Å². The van der Waals surface area contributed by atoms with Crippen LogP contribution in [0.4, 0.5) is 5.69 Å². The number of carbonyl (C=O) groups excluding carboxylic acids is 1. The fourth-order valence-electron chi connectivity index (χ4n) is 3.01. The van der Waals surface area contributed by atoms with Crippen molar-refractivity contribution in [2.75, 3.05) is 20.2 Å². The quantitative estimate of drug-likeness (QED) is 0.109. The van der Waals surface area contributed by atoms with Crippen LogP contribution in [-0.4, -0.2) is 61.2 Å². The Bertz CT molecular complexity index is 1340. The number of carbonyl (C=O) groups is 1. The first kappa shape index (κ1) is 24.5. The zero-order valence-electron chi connectivity index (χ0n) is 18.3. The van der Waals surface area contributed by atoms with Crippen LogP contribution < -0.4 is 4.74 Å². The Kier molecular flexibility index (Phi) is 7.43. The average Bonchev–Trinajstić information content (AvgIpc) is 2.86. The number of hydrogen-bond acceptors (Lipinski definition) is 10. The van der Waals surface area contributed by atoms with Crippen molar-refractivity contribution < 1.29 is 29.8 Å². The number of phenolic OH excluding ortho intramolecular Hbond substituents is 2. The number of aromatic nitrogens is 2. The number of ether oxygens (including phenoxy) is 1. The van der Waals surface area contributed by atoms with Crippen LogP contribution >= 0.6 is 0 Å². The first-order chi connectivity index (χ1) is 16.7. The van der Waals surface area contributed by atoms with Gasteiger partial charge in [-0.05, 0) is 18.2 Å². The van der Waals surface area contributed by atoms with E-state index in [-0.39, 0.29) is 18.7 Å². The van der Waals surface area contributed by atoms with Crippen LogP contribution in [-0.2, 0) is 4.79 Å². The Labute approximate surface area is 198 Å². The molecule has 12 nitrogen and oxygen atoms in total. The zero-order valence-corrected chi connectivity index (χ0v) is 18.3. The van der Waals surface area contributed by atoms with Gasteiger partial charge in [-0.2, -0.15) is 5.26 Å². The number of aliphatic hydroxyl groups excluding tert-OH is 1. The van der Waals surface area contributed by atoms with Gasteiger partial charge in [0.1, 0.15) is 24.2 Å². The summed E-state index contributed by atoms with van der Waals surface area (Å²) in [5.74, 6) is -3.15. The first-order valence-corrected chi connectivity index (χ1v) is 10.0. The van der Waals surface area contributed by atoms with E-state index in [0.717, 1.165) is 22.6 Å². The summed E-state index contributed by atoms with van der Waals surface area (Å²) in [4.78, 5) is 32.1. The van der Waals surface area contributed by atoms with Crippen molar-refractivity contribution in [3.63, 3.8) is 0 Å². The second-order valence-electron chi connectivity index (χ2n) is 7.15. The molecule has 0 saturated carbocycles. The lowest BCUT2D eigenvalue weighted by Gasteiger charge is -2.18. The van der Waals surface area contributed by atoms with Crippen molar-refractivity contribution in [2.24, 2.45) is 0 Å². The molecule has 1 amide bonds. The van der Waals surface area contributed by atoms with Gasteiger partial charge >= 0.3 is 5.69 Å². The first-order valence-electron chi connectivity index (χ1n) is 10.0. The number of hydrogen-bond donors (Lipinski definition) is 3. The molecule has 1 heterocycles. The molecule has 0 atom stereocenters. The van der Waals surface area contributed by atoms with Crippen LogP contribution in [0.1, 0.15) is 5.56 Å². The smallest absolute Gasteiger partial charge is 0.315 e. The molecular weight excluding hydrogens is 458 g/mol. The van der Waals surface area contributed by atoms with Gasteiger partial charge in [0, 0.05) is 36.6 Å². The Morgan fingerprint density at radius 2 is 2.03 bits per heavy atom. The molecule has 0 bridgehead atoms. The van der Waals surface area contributed by atoms with Gasteiger partial charge in [-0.25, -0.2) is 0 Å². The third-order valence-corrected chi connectivity index (χ3v) is 4.84. The molecule has 0 spiro atoms. The number of aliphatic hydroxyl groups is 1. The summed E-state index contributed by atoms with van der Waals surface area (Å²) < 4.78 is 5.68. The van der Waals surface area contributed by atoms with Gasteiger partial charge in [0.15, 0.2) is 11.3 Å². The molecule has 0 aliphatic carbocycles. The molecule has 0 unspecified atom stereocenters. The molecular formula is C23H19N5O7. The van der Waals surface area contributed by atoms with Crippen LogP contribution in [0.25, 0.3) is 17.0 Å². The van der Waals surface area contributed by atoms with Crippen LogP contribution in [0.5, 0.6) is 17.2 Å². The van der Waals surface area contributed by atoms with Crippen LogP contribution in [0, 0.1) is 21.4 Å². The minimum Gasteiger partial charge on any atom is -0.506 e. The normalized spacial score (nSPS) is 11.2. The fourth-order valence-corrected chi connectivity index (χ4v) is 3.01. The van der Waals surface area contributed by atoms with E-state index in [2.05, 4.69) is 9.97 Å². The lowest BCUT2D eigenvalue weighted by molar-refractivity contribution is -0.386. The van der Waals surface area contributed by atoms with Crippen molar-refractivity contribution in [1.82, 2.24) is 14.9 Å². The molecule has 3 rings (SSSR count). The Morgan fingerprint density at radius 3 is 2.69 bits per heavy atom. The van der Waals surface area contributed by atoms with Crippen LogP contribution in [0.15, 0.2) is 60.6 Å². The van der Waals surface area contributed by atoms with E-state index in [0.29, 0.717) is 11.4 Å². The predicted octanol–water partition coefficient (Wildman–Crippen LogP) is 2.79. The molecule has 35 heavy (non-hydrogen) atoms. The Hall–Kier alpha value is -5.18. The highest BCUT2D eigenvalue weighted by Crippen LogP contribution is 2.38. The number of nitro groups is 1. The van der Waals surface area contributed by atoms with Gasteiger partial charge < -0.3 is 25.0 Å². The highest BCUT2D eigenvalue weighted by atomic mass is 16.6. The summed E-state index contributed by atoms with van der Waals surface area (Å²) in [7, 11) is 1.38. The molecule has 3 N–H and O–H groups in total. The van der Waals surface area contributed by atoms with Gasteiger partial charge in [-0.1, -0.05) is 12.1 Å². The lowest BCUT2D eigenvalue weighted by atomic mass is 10.1. The molecule has 2 aromatic carbocycles. The summed E-state index contributed by atoms with van der Waals surface area (Å²) in [6.45, 7) is 0.0880. The van der Waals surface area contributed by atoms with E-state index >= 15 is 0 Å². The van der Waals surface area contributed by atoms with Crippen molar-refractivity contribution in [3.05, 3.63) is 76.2 Å². The molecule has 0 saturated heterocycles. The standard InChI is InChI=1S/C23H19N5O7/c1-27(7-8-35-16-4-2-3-14(9-16)18-13-25-5-6-26-18)23(32)17(12-24)21(30)15-10-19(28(33)34)22(31)20(29)11-15/h2-6,9-11,13,29-31H,7-8H2,1H3/b21-17-. The maximum atomic E-state index is 12.7. The average molecular weight is 477 g/mol. The van der Waals surface area contributed by atoms with E-state index in [4.69, 9.17) is 4.74 Å². The monoisotopic (exact) mass is 477 g/mol. The van der Waals surface area contributed by atoms with Gasteiger partial charge in [-0.3, -0.25) is 24.9 Å². The second-order valence-corrected chi connectivity index (χ2v) is 7.15. The largest absolute Gasteiger partial charge is 0.506 e. The Morgan fingerprint density at radius 1 is 1.26 bits per heavy atom. The van der Waals surface area contributed by atoms with Crippen molar-refractivity contribution in [3.8, 4) is 34.6 Å². The molecule has 12 heteroatoms. The summed E-state index contributed by atoms with van der Waals surface area (Å²) in [5.41, 5.74) is -0.559. The lowest BCUT2D eigenvalue weighted by Crippen LogP contribution is -2.32. The van der Waals surface area contributed by atoms with E-state index in [1.807, 2.05) is 6.07 Å². The number of phenols is 2. The number of nitrogens with zero attached hydrogens (tertiary/aromatic N) is 5. The summed E-state index contributed by atoms with van der Waals surface area (Å²) in [6, 6.07) is 10.2. The maximum Gasteiger partial charge on any atom is 0.315 e. The number of amides is 1. The maximum absolute atomic E-state index is 12.7. The van der Waals surface area contributed by atoms with Crippen molar-refractivity contribution >= 4 is 17.4 Å². The SMILES string of the molecule is CN(CCOc1cccc(-c2cnccn2)c1)C(=O)/C(C#N)=C(\O)c1cc(O)c(O)c([N+](=O)[O-])c1. The number of nitriles is 1. The Balaban J connectivity index is 1.72. The molecule has 0 aliphatic heterocycles.